The predicted octanol–water partition coefficient (Wildman–Crippen LogP) is 3.98. The smallest absolute Gasteiger partial charge is 0.258 e. The molecule has 0 bridgehead atoms. The summed E-state index contributed by atoms with van der Waals surface area (Å²) in [5, 5.41) is 9.55. The number of hydrogen-bond donors (Lipinski definition) is 3. The second-order valence-corrected chi connectivity index (χ2v) is 6.52. The van der Waals surface area contributed by atoms with E-state index in [0.717, 1.165) is 5.39 Å². The zero-order chi connectivity index (χ0) is 20.9. The van der Waals surface area contributed by atoms with Crippen LogP contribution in [-0.4, -0.2) is 26.8 Å². The molecule has 0 saturated heterocycles. The van der Waals surface area contributed by atoms with Crippen LogP contribution in [0.4, 0.5) is 23.0 Å². The highest BCUT2D eigenvalue weighted by molar-refractivity contribution is 6.08. The number of hydrogen-bond acceptors (Lipinski definition) is 6. The van der Waals surface area contributed by atoms with Crippen molar-refractivity contribution in [1.82, 2.24) is 15.0 Å². The number of fused-ring (bicyclic) bond motifs is 1. The van der Waals surface area contributed by atoms with Gasteiger partial charge in [-0.25, -0.2) is 9.97 Å². The number of nitrogens with zero attached hydrogens (tertiary/aromatic N) is 3. The van der Waals surface area contributed by atoms with Crippen molar-refractivity contribution < 1.29 is 9.59 Å². The van der Waals surface area contributed by atoms with Crippen LogP contribution in [0.3, 0.4) is 0 Å². The lowest BCUT2D eigenvalue weighted by molar-refractivity contribution is -0.114. The monoisotopic (exact) mass is 398 g/mol. The van der Waals surface area contributed by atoms with Crippen molar-refractivity contribution in [1.29, 1.82) is 0 Å². The highest BCUT2D eigenvalue weighted by Gasteiger charge is 2.10. The third-order valence-corrected chi connectivity index (χ3v) is 4.23. The molecule has 4 aromatic rings. The van der Waals surface area contributed by atoms with Gasteiger partial charge in [0.2, 0.25) is 11.9 Å². The van der Waals surface area contributed by atoms with E-state index in [1.54, 1.807) is 30.5 Å². The summed E-state index contributed by atoms with van der Waals surface area (Å²) >= 11 is 0. The van der Waals surface area contributed by atoms with Crippen LogP contribution >= 0.6 is 0 Å². The summed E-state index contributed by atoms with van der Waals surface area (Å²) in [5.41, 5.74) is 3.02. The Kier molecular flexibility index (Phi) is 5.29. The molecule has 2 aromatic carbocycles. The van der Waals surface area contributed by atoms with Gasteiger partial charge in [0, 0.05) is 42.3 Å². The molecule has 4 rings (SSSR count). The van der Waals surface area contributed by atoms with Crippen LogP contribution in [0.1, 0.15) is 17.3 Å². The van der Waals surface area contributed by atoms with Gasteiger partial charge in [-0.1, -0.05) is 24.3 Å². The standard InChI is InChI=1S/C22H18N6O2/c1-14(29)26-17-7-3-8-18(11-17)27-22-24-12-16(13-25-22)21(30)28-19-9-2-5-15-6-4-10-23-20(15)19/h2-13H,1H3,(H,26,29)(H,28,30)(H,24,25,27). The van der Waals surface area contributed by atoms with Gasteiger partial charge in [-0.05, 0) is 30.3 Å². The molecule has 0 aliphatic heterocycles. The molecule has 2 amide bonds. The number of pyridine rings is 1. The lowest BCUT2D eigenvalue weighted by Crippen LogP contribution is -2.13. The van der Waals surface area contributed by atoms with E-state index in [9.17, 15) is 9.59 Å². The average molecular weight is 398 g/mol. The van der Waals surface area contributed by atoms with Crippen molar-refractivity contribution in [2.24, 2.45) is 0 Å². The first-order chi connectivity index (χ1) is 14.6. The van der Waals surface area contributed by atoms with Crippen LogP contribution in [0, 0.1) is 0 Å². The first kappa shape index (κ1) is 19.0. The molecule has 0 radical (unpaired) electrons. The summed E-state index contributed by atoms with van der Waals surface area (Å²) in [4.78, 5) is 36.5. The minimum atomic E-state index is -0.327. The van der Waals surface area contributed by atoms with E-state index in [0.29, 0.717) is 34.1 Å². The highest BCUT2D eigenvalue weighted by Crippen LogP contribution is 2.21. The minimum absolute atomic E-state index is 0.153. The fourth-order valence-corrected chi connectivity index (χ4v) is 2.92. The van der Waals surface area contributed by atoms with Gasteiger partial charge in [0.25, 0.3) is 5.91 Å². The maximum Gasteiger partial charge on any atom is 0.258 e. The average Bonchev–Trinajstić information content (AvgIpc) is 2.74. The molecular weight excluding hydrogens is 380 g/mol. The van der Waals surface area contributed by atoms with E-state index in [4.69, 9.17) is 0 Å². The fourth-order valence-electron chi connectivity index (χ4n) is 2.92. The van der Waals surface area contributed by atoms with E-state index in [1.807, 2.05) is 30.3 Å². The number of rotatable bonds is 5. The zero-order valence-corrected chi connectivity index (χ0v) is 16.1. The molecule has 8 nitrogen and oxygen atoms in total. The molecule has 2 heterocycles. The van der Waals surface area contributed by atoms with E-state index in [2.05, 4.69) is 30.9 Å². The molecule has 148 valence electrons. The molecule has 0 fully saturated rings. The molecule has 0 unspecified atom stereocenters. The third-order valence-electron chi connectivity index (χ3n) is 4.23. The summed E-state index contributed by atoms with van der Waals surface area (Å²) in [6.45, 7) is 1.45. The summed E-state index contributed by atoms with van der Waals surface area (Å²) in [5.74, 6) is -0.147. The van der Waals surface area contributed by atoms with Gasteiger partial charge in [0.15, 0.2) is 0 Å². The highest BCUT2D eigenvalue weighted by atomic mass is 16.2. The van der Waals surface area contributed by atoms with Gasteiger partial charge in [0.1, 0.15) is 0 Å². The minimum Gasteiger partial charge on any atom is -0.326 e. The van der Waals surface area contributed by atoms with E-state index < -0.39 is 0 Å². The van der Waals surface area contributed by atoms with Crippen molar-refractivity contribution in [2.75, 3.05) is 16.0 Å². The molecule has 0 atom stereocenters. The van der Waals surface area contributed by atoms with E-state index >= 15 is 0 Å². The number of aromatic nitrogens is 3. The van der Waals surface area contributed by atoms with Gasteiger partial charge in [-0.2, -0.15) is 0 Å². The molecular formula is C22H18N6O2. The van der Waals surface area contributed by atoms with Gasteiger partial charge in [-0.3, -0.25) is 14.6 Å². The lowest BCUT2D eigenvalue weighted by Gasteiger charge is -2.09. The molecule has 0 aliphatic carbocycles. The summed E-state index contributed by atoms with van der Waals surface area (Å²) < 4.78 is 0. The Morgan fingerprint density at radius 1 is 0.833 bits per heavy atom. The van der Waals surface area contributed by atoms with Crippen LogP contribution < -0.4 is 16.0 Å². The van der Waals surface area contributed by atoms with Crippen molar-refractivity contribution >= 4 is 45.7 Å². The Balaban J connectivity index is 1.47. The summed E-state index contributed by atoms with van der Waals surface area (Å²) in [6, 6.07) is 16.5. The predicted molar refractivity (Wildman–Crippen MR) is 116 cm³/mol. The number of amides is 2. The number of anilines is 4. The third kappa shape index (κ3) is 4.39. The normalized spacial score (nSPS) is 10.4. The van der Waals surface area contributed by atoms with Gasteiger partial charge >= 0.3 is 0 Å². The second kappa shape index (κ2) is 8.36. The number of nitrogens with one attached hydrogen (secondary N) is 3. The first-order valence-electron chi connectivity index (χ1n) is 9.20. The van der Waals surface area contributed by atoms with Crippen LogP contribution in [0.25, 0.3) is 10.9 Å². The van der Waals surface area contributed by atoms with Crippen molar-refractivity contribution in [3.05, 3.63) is 78.8 Å². The molecule has 30 heavy (non-hydrogen) atoms. The molecule has 0 saturated carbocycles. The number of benzene rings is 2. The maximum absolute atomic E-state index is 12.6. The molecule has 0 spiro atoms. The largest absolute Gasteiger partial charge is 0.326 e. The number of carbonyl (C=O) groups is 2. The Morgan fingerprint density at radius 3 is 2.37 bits per heavy atom. The Morgan fingerprint density at radius 2 is 1.57 bits per heavy atom. The van der Waals surface area contributed by atoms with Crippen molar-refractivity contribution in [2.45, 2.75) is 6.92 Å². The van der Waals surface area contributed by atoms with E-state index in [1.165, 1.54) is 19.3 Å². The molecule has 8 heteroatoms. The topological polar surface area (TPSA) is 109 Å². The van der Waals surface area contributed by atoms with Gasteiger partial charge < -0.3 is 16.0 Å². The molecule has 0 aliphatic rings. The summed E-state index contributed by atoms with van der Waals surface area (Å²) in [7, 11) is 0. The van der Waals surface area contributed by atoms with Crippen LogP contribution in [0.15, 0.2) is 73.2 Å². The van der Waals surface area contributed by atoms with Crippen molar-refractivity contribution in [3.63, 3.8) is 0 Å². The van der Waals surface area contributed by atoms with Crippen LogP contribution in [0.2, 0.25) is 0 Å². The van der Waals surface area contributed by atoms with Crippen LogP contribution in [0.5, 0.6) is 0 Å². The lowest BCUT2D eigenvalue weighted by atomic mass is 10.2. The zero-order valence-electron chi connectivity index (χ0n) is 16.1. The fraction of sp³-hybridized carbons (Fsp3) is 0.0455. The van der Waals surface area contributed by atoms with Crippen LogP contribution in [-0.2, 0) is 4.79 Å². The second-order valence-electron chi connectivity index (χ2n) is 6.52. The van der Waals surface area contributed by atoms with Crippen molar-refractivity contribution in [3.8, 4) is 0 Å². The maximum atomic E-state index is 12.6. The Bertz CT molecular complexity index is 1220. The summed E-state index contributed by atoms with van der Waals surface area (Å²) in [6.07, 6.45) is 4.57. The first-order valence-corrected chi connectivity index (χ1v) is 9.20. The SMILES string of the molecule is CC(=O)Nc1cccc(Nc2ncc(C(=O)Nc3cccc4cccnc34)cn2)c1. The molecule has 2 aromatic heterocycles. The Labute approximate surface area is 172 Å². The van der Waals surface area contributed by atoms with Gasteiger partial charge in [-0.15, -0.1) is 0 Å². The van der Waals surface area contributed by atoms with Gasteiger partial charge in [0.05, 0.1) is 16.8 Å². The Hall–Kier alpha value is -4.33. The quantitative estimate of drug-likeness (QED) is 0.469. The molecule has 3 N–H and O–H groups in total. The number of para-hydroxylation sites is 1. The number of carbonyl (C=O) groups excluding carboxylic acids is 2. The van der Waals surface area contributed by atoms with E-state index in [-0.39, 0.29) is 11.8 Å².